The number of amides is 3. The van der Waals surface area contributed by atoms with Gasteiger partial charge in [-0.3, -0.25) is 29.7 Å². The molecule has 0 saturated carbocycles. The van der Waals surface area contributed by atoms with Crippen molar-refractivity contribution >= 4 is 17.7 Å². The largest absolute Gasteiger partial charge is 0.322 e. The summed E-state index contributed by atoms with van der Waals surface area (Å²) in [6.45, 7) is 0.261. The van der Waals surface area contributed by atoms with Crippen LogP contribution in [0.15, 0.2) is 43.0 Å². The van der Waals surface area contributed by atoms with Crippen molar-refractivity contribution < 1.29 is 14.4 Å². The van der Waals surface area contributed by atoms with E-state index in [1.807, 2.05) is 6.07 Å². The summed E-state index contributed by atoms with van der Waals surface area (Å²) >= 11 is 0. The second-order valence-corrected chi connectivity index (χ2v) is 6.84. The van der Waals surface area contributed by atoms with E-state index in [1.54, 1.807) is 41.6 Å². The Morgan fingerprint density at radius 3 is 2.79 bits per heavy atom. The topological polar surface area (TPSA) is 123 Å². The minimum absolute atomic E-state index is 0.216. The number of carbonyl (C=O) groups is 3. The zero-order chi connectivity index (χ0) is 20.0. The third kappa shape index (κ3) is 2.85. The summed E-state index contributed by atoms with van der Waals surface area (Å²) in [6.07, 6.45) is 7.00. The van der Waals surface area contributed by atoms with E-state index in [1.165, 1.54) is 4.90 Å². The van der Waals surface area contributed by atoms with Crippen molar-refractivity contribution in [2.24, 2.45) is 0 Å². The minimum atomic E-state index is -0.661. The van der Waals surface area contributed by atoms with Crippen molar-refractivity contribution in [2.45, 2.75) is 25.4 Å². The number of imide groups is 1. The van der Waals surface area contributed by atoms with Crippen LogP contribution in [0.2, 0.25) is 0 Å². The van der Waals surface area contributed by atoms with E-state index in [0.29, 0.717) is 29.1 Å². The van der Waals surface area contributed by atoms with Crippen LogP contribution in [-0.4, -0.2) is 53.6 Å². The fraction of sp³-hybridized carbons (Fsp3) is 0.211. The zero-order valence-corrected chi connectivity index (χ0v) is 15.1. The summed E-state index contributed by atoms with van der Waals surface area (Å²) in [5.41, 5.74) is 3.13. The molecule has 0 radical (unpaired) electrons. The summed E-state index contributed by atoms with van der Waals surface area (Å²) in [7, 11) is 0. The van der Waals surface area contributed by atoms with E-state index in [4.69, 9.17) is 0 Å². The van der Waals surface area contributed by atoms with E-state index in [0.717, 1.165) is 5.56 Å². The molecule has 10 heteroatoms. The van der Waals surface area contributed by atoms with Crippen LogP contribution in [-0.2, 0) is 16.1 Å². The number of hydrogen-bond donors (Lipinski definition) is 1. The van der Waals surface area contributed by atoms with Crippen molar-refractivity contribution in [3.05, 3.63) is 54.1 Å². The Morgan fingerprint density at radius 1 is 1.10 bits per heavy atom. The third-order valence-electron chi connectivity index (χ3n) is 5.12. The molecule has 0 bridgehead atoms. The molecule has 0 spiro atoms. The van der Waals surface area contributed by atoms with Crippen molar-refractivity contribution in [1.82, 2.24) is 35.2 Å². The summed E-state index contributed by atoms with van der Waals surface area (Å²) in [5.74, 6) is -0.976. The Balaban J connectivity index is 1.48. The van der Waals surface area contributed by atoms with Gasteiger partial charge in [-0.05, 0) is 18.6 Å². The summed E-state index contributed by atoms with van der Waals surface area (Å²) in [4.78, 5) is 46.4. The Labute approximate surface area is 164 Å². The van der Waals surface area contributed by atoms with E-state index >= 15 is 0 Å². The van der Waals surface area contributed by atoms with Gasteiger partial charge in [-0.2, -0.15) is 0 Å². The number of benzene rings is 1. The second kappa shape index (κ2) is 6.59. The summed E-state index contributed by atoms with van der Waals surface area (Å²) in [6, 6.07) is 4.68. The van der Waals surface area contributed by atoms with Gasteiger partial charge in [0.2, 0.25) is 11.8 Å². The number of nitrogens with zero attached hydrogens (tertiary/aromatic N) is 6. The third-order valence-corrected chi connectivity index (χ3v) is 5.12. The van der Waals surface area contributed by atoms with Crippen molar-refractivity contribution in [2.75, 3.05) is 0 Å². The molecule has 1 unspecified atom stereocenters. The van der Waals surface area contributed by atoms with E-state index < -0.39 is 11.9 Å². The Hall–Kier alpha value is -3.95. The number of hydrogen-bond acceptors (Lipinski definition) is 7. The van der Waals surface area contributed by atoms with Crippen LogP contribution >= 0.6 is 0 Å². The fourth-order valence-corrected chi connectivity index (χ4v) is 3.71. The van der Waals surface area contributed by atoms with Gasteiger partial charge in [-0.1, -0.05) is 11.3 Å². The number of rotatable bonds is 3. The smallest absolute Gasteiger partial charge is 0.255 e. The standard InChI is InChI=1S/C19H15N7O3/c27-17-5-4-16(18(28)22-17)25-9-12-11(19(25)29)2-1-3-15(12)26-10-14(23-24-26)13-8-20-6-7-21-13/h1-3,6-8,10,16H,4-5,9H2,(H,22,27,28). The average Bonchev–Trinajstić information content (AvgIpc) is 3.34. The zero-order valence-electron chi connectivity index (χ0n) is 15.1. The molecule has 3 aromatic rings. The first-order valence-corrected chi connectivity index (χ1v) is 9.07. The minimum Gasteiger partial charge on any atom is -0.322 e. The molecule has 3 amide bonds. The molecule has 5 rings (SSSR count). The molecular weight excluding hydrogens is 374 g/mol. The lowest BCUT2D eigenvalue weighted by atomic mass is 10.0. The summed E-state index contributed by atoms with van der Waals surface area (Å²) in [5, 5.41) is 10.6. The lowest BCUT2D eigenvalue weighted by molar-refractivity contribution is -0.136. The number of aromatic nitrogens is 5. The lowest BCUT2D eigenvalue weighted by Crippen LogP contribution is -2.52. The molecule has 144 valence electrons. The molecule has 2 aromatic heterocycles. The van der Waals surface area contributed by atoms with Crippen LogP contribution in [0.1, 0.15) is 28.8 Å². The molecule has 29 heavy (non-hydrogen) atoms. The van der Waals surface area contributed by atoms with Gasteiger partial charge in [0.15, 0.2) is 0 Å². The Bertz CT molecular complexity index is 1140. The maximum absolute atomic E-state index is 12.9. The number of nitrogens with one attached hydrogen (secondary N) is 1. The van der Waals surface area contributed by atoms with Crippen LogP contribution in [0, 0.1) is 0 Å². The molecule has 0 aliphatic carbocycles. The van der Waals surface area contributed by atoms with Crippen LogP contribution in [0.25, 0.3) is 17.1 Å². The predicted octanol–water partition coefficient (Wildman–Crippen LogP) is 0.485. The SMILES string of the molecule is O=C1CCC(N2Cc3c(cccc3-n3cc(-c4cnccn4)nn3)C2=O)C(=O)N1. The van der Waals surface area contributed by atoms with Crippen LogP contribution in [0.3, 0.4) is 0 Å². The van der Waals surface area contributed by atoms with Gasteiger partial charge >= 0.3 is 0 Å². The first-order chi connectivity index (χ1) is 14.1. The molecule has 1 N–H and O–H groups in total. The molecular formula is C19H15N7O3. The lowest BCUT2D eigenvalue weighted by Gasteiger charge is -2.29. The van der Waals surface area contributed by atoms with E-state index in [-0.39, 0.29) is 24.8 Å². The maximum Gasteiger partial charge on any atom is 0.255 e. The van der Waals surface area contributed by atoms with Crippen LogP contribution in [0.5, 0.6) is 0 Å². The van der Waals surface area contributed by atoms with Gasteiger partial charge in [0.25, 0.3) is 5.91 Å². The maximum atomic E-state index is 12.9. The average molecular weight is 389 g/mol. The van der Waals surface area contributed by atoms with Crippen molar-refractivity contribution in [3.63, 3.8) is 0 Å². The molecule has 2 aliphatic heterocycles. The molecule has 4 heterocycles. The number of carbonyl (C=O) groups excluding carboxylic acids is 3. The highest BCUT2D eigenvalue weighted by molar-refractivity contribution is 6.05. The normalized spacial score (nSPS) is 18.7. The van der Waals surface area contributed by atoms with E-state index in [9.17, 15) is 14.4 Å². The Kier molecular flexibility index (Phi) is 3.90. The molecule has 1 atom stereocenters. The van der Waals surface area contributed by atoms with Gasteiger partial charge in [0.1, 0.15) is 17.4 Å². The molecule has 2 aliphatic rings. The Morgan fingerprint density at radius 2 is 2.00 bits per heavy atom. The van der Waals surface area contributed by atoms with E-state index in [2.05, 4.69) is 25.6 Å². The van der Waals surface area contributed by atoms with Gasteiger partial charge in [0, 0.05) is 36.5 Å². The number of fused-ring (bicyclic) bond motifs is 1. The quantitative estimate of drug-likeness (QED) is 0.647. The highest BCUT2D eigenvalue weighted by atomic mass is 16.2. The second-order valence-electron chi connectivity index (χ2n) is 6.84. The predicted molar refractivity (Wildman–Crippen MR) is 98.4 cm³/mol. The van der Waals surface area contributed by atoms with Gasteiger partial charge < -0.3 is 4.90 Å². The molecule has 1 saturated heterocycles. The number of piperidine rings is 1. The van der Waals surface area contributed by atoms with Gasteiger partial charge in [-0.25, -0.2) is 4.68 Å². The van der Waals surface area contributed by atoms with Gasteiger partial charge in [-0.15, -0.1) is 5.10 Å². The first kappa shape index (κ1) is 17.2. The highest BCUT2D eigenvalue weighted by Gasteiger charge is 2.40. The molecule has 10 nitrogen and oxygen atoms in total. The molecule has 1 fully saturated rings. The first-order valence-electron chi connectivity index (χ1n) is 9.07. The van der Waals surface area contributed by atoms with Crippen LogP contribution in [0.4, 0.5) is 0 Å². The van der Waals surface area contributed by atoms with Gasteiger partial charge in [0.05, 0.1) is 18.1 Å². The fourth-order valence-electron chi connectivity index (χ4n) is 3.71. The van der Waals surface area contributed by atoms with Crippen molar-refractivity contribution in [1.29, 1.82) is 0 Å². The van der Waals surface area contributed by atoms with Crippen molar-refractivity contribution in [3.8, 4) is 17.1 Å². The highest BCUT2D eigenvalue weighted by Crippen LogP contribution is 2.31. The molecule has 1 aromatic carbocycles. The summed E-state index contributed by atoms with van der Waals surface area (Å²) < 4.78 is 1.59. The van der Waals surface area contributed by atoms with Crippen LogP contribution < -0.4 is 5.32 Å². The monoisotopic (exact) mass is 389 g/mol.